The van der Waals surface area contributed by atoms with Crippen LogP contribution in [0.4, 0.5) is 0 Å². The molecule has 0 aliphatic heterocycles. The summed E-state index contributed by atoms with van der Waals surface area (Å²) in [5.41, 5.74) is 2.26. The minimum absolute atomic E-state index is 0.444. The molecule has 0 saturated carbocycles. The molecule has 5 heteroatoms. The molecule has 1 atom stereocenters. The maximum atomic E-state index is 10.3. The lowest BCUT2D eigenvalue weighted by molar-refractivity contribution is 0.209. The Bertz CT molecular complexity index is 532. The second-order valence-corrected chi connectivity index (χ2v) is 4.75. The third kappa shape index (κ3) is 2.32. The van der Waals surface area contributed by atoms with Gasteiger partial charge in [0.1, 0.15) is 6.10 Å². The molecular weight excluding hydrogens is 259 g/mol. The number of aliphatic hydroxyl groups is 1. The molecule has 0 radical (unpaired) electrons. The van der Waals surface area contributed by atoms with Gasteiger partial charge in [-0.05, 0) is 30.2 Å². The van der Waals surface area contributed by atoms with Gasteiger partial charge in [0.05, 0.1) is 16.9 Å². The molecule has 3 nitrogen and oxygen atoms in total. The second kappa shape index (κ2) is 4.69. The Morgan fingerprint density at radius 1 is 1.35 bits per heavy atom. The van der Waals surface area contributed by atoms with Crippen LogP contribution in [0.1, 0.15) is 22.9 Å². The number of aryl methyl sites for hydroxylation is 2. The van der Waals surface area contributed by atoms with Crippen LogP contribution in [0, 0.1) is 6.92 Å². The maximum absolute atomic E-state index is 10.3. The van der Waals surface area contributed by atoms with E-state index in [-0.39, 0.29) is 0 Å². The van der Waals surface area contributed by atoms with E-state index in [0.717, 1.165) is 11.1 Å². The Morgan fingerprint density at radius 2 is 2.06 bits per heavy atom. The molecule has 0 spiro atoms. The number of benzene rings is 1. The highest BCUT2D eigenvalue weighted by atomic mass is 35.5. The van der Waals surface area contributed by atoms with E-state index in [9.17, 15) is 5.11 Å². The third-order valence-corrected chi connectivity index (χ3v) is 3.26. The molecule has 1 N–H and O–H groups in total. The van der Waals surface area contributed by atoms with Crippen LogP contribution >= 0.6 is 23.2 Å². The van der Waals surface area contributed by atoms with Crippen LogP contribution in [-0.4, -0.2) is 14.9 Å². The Hall–Kier alpha value is -1.03. The molecular formula is C12H12Cl2N2O. The molecule has 1 aromatic heterocycles. The fraction of sp³-hybridized carbons (Fsp3) is 0.250. The number of aliphatic hydroxyl groups excluding tert-OH is 1. The lowest BCUT2D eigenvalue weighted by Gasteiger charge is -2.15. The Balaban J connectivity index is 2.50. The minimum atomic E-state index is -0.825. The number of nitrogens with zero attached hydrogens (tertiary/aromatic N) is 2. The van der Waals surface area contributed by atoms with Gasteiger partial charge in [-0.15, -0.1) is 0 Å². The zero-order chi connectivity index (χ0) is 12.6. The molecule has 2 rings (SSSR count). The average molecular weight is 271 g/mol. The highest BCUT2D eigenvalue weighted by Crippen LogP contribution is 2.30. The van der Waals surface area contributed by atoms with Crippen molar-refractivity contribution in [2.24, 2.45) is 7.05 Å². The molecule has 2 aromatic rings. The monoisotopic (exact) mass is 270 g/mol. The summed E-state index contributed by atoms with van der Waals surface area (Å²) in [5, 5.41) is 15.4. The lowest BCUT2D eigenvalue weighted by Crippen LogP contribution is -2.08. The second-order valence-electron chi connectivity index (χ2n) is 3.90. The number of hydrogen-bond acceptors (Lipinski definition) is 2. The van der Waals surface area contributed by atoms with Crippen LogP contribution in [0.2, 0.25) is 10.0 Å². The van der Waals surface area contributed by atoms with Crippen LogP contribution in [0.3, 0.4) is 0 Å². The Kier molecular flexibility index (Phi) is 3.43. The van der Waals surface area contributed by atoms with Gasteiger partial charge in [0, 0.05) is 12.1 Å². The molecule has 17 heavy (non-hydrogen) atoms. The first-order valence-corrected chi connectivity index (χ1v) is 5.88. The normalized spacial score (nSPS) is 12.8. The van der Waals surface area contributed by atoms with E-state index >= 15 is 0 Å². The lowest BCUT2D eigenvalue weighted by atomic mass is 10.0. The summed E-state index contributed by atoms with van der Waals surface area (Å²) in [6.45, 7) is 1.92. The maximum Gasteiger partial charge on any atom is 0.122 e. The summed E-state index contributed by atoms with van der Waals surface area (Å²) in [4.78, 5) is 0. The zero-order valence-electron chi connectivity index (χ0n) is 9.48. The predicted molar refractivity (Wildman–Crippen MR) is 68.5 cm³/mol. The Morgan fingerprint density at radius 3 is 2.65 bits per heavy atom. The van der Waals surface area contributed by atoms with Gasteiger partial charge in [-0.3, -0.25) is 4.68 Å². The van der Waals surface area contributed by atoms with E-state index in [1.807, 2.05) is 13.0 Å². The van der Waals surface area contributed by atoms with Gasteiger partial charge in [-0.25, -0.2) is 0 Å². The van der Waals surface area contributed by atoms with Crippen LogP contribution in [0.5, 0.6) is 0 Å². The first-order chi connectivity index (χ1) is 8.00. The quantitative estimate of drug-likeness (QED) is 0.911. The highest BCUT2D eigenvalue weighted by Gasteiger charge is 2.20. The minimum Gasteiger partial charge on any atom is -0.382 e. The molecule has 1 unspecified atom stereocenters. The van der Waals surface area contributed by atoms with Crippen molar-refractivity contribution in [2.45, 2.75) is 13.0 Å². The van der Waals surface area contributed by atoms with E-state index in [1.54, 1.807) is 23.9 Å². The van der Waals surface area contributed by atoms with Crippen LogP contribution < -0.4 is 0 Å². The third-order valence-electron chi connectivity index (χ3n) is 2.73. The fourth-order valence-corrected chi connectivity index (χ4v) is 2.23. The van der Waals surface area contributed by atoms with Crippen LogP contribution in [0.15, 0.2) is 24.4 Å². The average Bonchev–Trinajstić information content (AvgIpc) is 2.61. The van der Waals surface area contributed by atoms with E-state index < -0.39 is 6.10 Å². The topological polar surface area (TPSA) is 38.1 Å². The van der Waals surface area contributed by atoms with E-state index in [4.69, 9.17) is 23.2 Å². The van der Waals surface area contributed by atoms with Gasteiger partial charge in [-0.2, -0.15) is 5.10 Å². The summed E-state index contributed by atoms with van der Waals surface area (Å²) in [5.74, 6) is 0. The van der Waals surface area contributed by atoms with Gasteiger partial charge >= 0.3 is 0 Å². The molecule has 0 aliphatic carbocycles. The first-order valence-electron chi connectivity index (χ1n) is 5.12. The van der Waals surface area contributed by atoms with Crippen molar-refractivity contribution in [2.75, 3.05) is 0 Å². The first kappa shape index (κ1) is 12.4. The highest BCUT2D eigenvalue weighted by molar-refractivity contribution is 6.31. The van der Waals surface area contributed by atoms with E-state index in [1.165, 1.54) is 6.20 Å². The molecule has 0 aliphatic rings. The molecule has 0 bridgehead atoms. The van der Waals surface area contributed by atoms with Gasteiger partial charge in [0.2, 0.25) is 0 Å². The SMILES string of the molecule is Cc1ccc(Cl)cc1C(O)c1c(Cl)cnn1C. The summed E-state index contributed by atoms with van der Waals surface area (Å²) in [7, 11) is 1.74. The van der Waals surface area contributed by atoms with E-state index in [0.29, 0.717) is 15.7 Å². The summed E-state index contributed by atoms with van der Waals surface area (Å²) < 4.78 is 1.56. The number of rotatable bonds is 2. The van der Waals surface area contributed by atoms with Crippen molar-refractivity contribution >= 4 is 23.2 Å². The van der Waals surface area contributed by atoms with Gasteiger partial charge in [0.25, 0.3) is 0 Å². The Labute approximate surface area is 110 Å². The smallest absolute Gasteiger partial charge is 0.122 e. The molecule has 90 valence electrons. The number of aromatic nitrogens is 2. The molecule has 1 heterocycles. The van der Waals surface area contributed by atoms with Crippen LogP contribution in [0.25, 0.3) is 0 Å². The summed E-state index contributed by atoms with van der Waals surface area (Å²) >= 11 is 11.9. The van der Waals surface area contributed by atoms with Crippen molar-refractivity contribution in [1.29, 1.82) is 0 Å². The van der Waals surface area contributed by atoms with Crippen molar-refractivity contribution in [3.63, 3.8) is 0 Å². The van der Waals surface area contributed by atoms with Crippen molar-refractivity contribution in [3.05, 3.63) is 51.3 Å². The van der Waals surface area contributed by atoms with Crippen molar-refractivity contribution in [3.8, 4) is 0 Å². The number of hydrogen-bond donors (Lipinski definition) is 1. The number of halogens is 2. The predicted octanol–water partition coefficient (Wildman–Crippen LogP) is 3.12. The fourth-order valence-electron chi connectivity index (χ4n) is 1.78. The summed E-state index contributed by atoms with van der Waals surface area (Å²) in [6, 6.07) is 5.40. The van der Waals surface area contributed by atoms with Crippen molar-refractivity contribution in [1.82, 2.24) is 9.78 Å². The van der Waals surface area contributed by atoms with Gasteiger partial charge < -0.3 is 5.11 Å². The van der Waals surface area contributed by atoms with Gasteiger partial charge in [-0.1, -0.05) is 29.3 Å². The molecule has 1 aromatic carbocycles. The van der Waals surface area contributed by atoms with Crippen LogP contribution in [-0.2, 0) is 7.05 Å². The molecule has 0 amide bonds. The zero-order valence-corrected chi connectivity index (χ0v) is 11.0. The summed E-state index contributed by atoms with van der Waals surface area (Å²) in [6.07, 6.45) is 0.689. The van der Waals surface area contributed by atoms with Crippen molar-refractivity contribution < 1.29 is 5.11 Å². The largest absolute Gasteiger partial charge is 0.382 e. The molecule has 0 fully saturated rings. The standard InChI is InChI=1S/C12H12Cl2N2O/c1-7-3-4-8(13)5-9(7)12(17)11-10(14)6-15-16(11)2/h3-6,12,17H,1-2H3. The van der Waals surface area contributed by atoms with E-state index in [2.05, 4.69) is 5.10 Å². The molecule has 0 saturated heterocycles. The van der Waals surface area contributed by atoms with Gasteiger partial charge in [0.15, 0.2) is 0 Å².